The molecule has 1 atom stereocenters. The van der Waals surface area contributed by atoms with Crippen LogP contribution in [-0.4, -0.2) is 18.6 Å². The van der Waals surface area contributed by atoms with Gasteiger partial charge in [0, 0.05) is 0 Å². The van der Waals surface area contributed by atoms with E-state index in [2.05, 4.69) is 20.1 Å². The van der Waals surface area contributed by atoms with E-state index in [1.165, 1.54) is 5.75 Å². The van der Waals surface area contributed by atoms with Gasteiger partial charge in [0.05, 0.1) is 0 Å². The molecule has 0 fully saturated rings. The van der Waals surface area contributed by atoms with Crippen LogP contribution in [0.2, 0.25) is 0 Å². The van der Waals surface area contributed by atoms with Crippen molar-refractivity contribution in [1.29, 1.82) is 0 Å². The Balaban J connectivity index is 3.41. The minimum atomic E-state index is 0.708. The zero-order valence-corrected chi connectivity index (χ0v) is 7.37. The van der Waals surface area contributed by atoms with Crippen molar-refractivity contribution in [3.8, 4) is 0 Å². The fourth-order valence-corrected chi connectivity index (χ4v) is 1.70. The molecular formula is C7H17NS. The smallest absolute Gasteiger partial charge is 0.00274 e. The largest absolute Gasteiger partial charge is 0.330 e. The maximum Gasteiger partial charge on any atom is -0.00274 e. The van der Waals surface area contributed by atoms with Gasteiger partial charge in [-0.05, 0) is 30.4 Å². The Morgan fingerprint density at radius 2 is 2.00 bits per heavy atom. The lowest BCUT2D eigenvalue weighted by molar-refractivity contribution is 0.437. The Bertz CT molecular complexity index is 63.9. The predicted molar refractivity (Wildman–Crippen MR) is 45.8 cm³/mol. The first-order valence-corrected chi connectivity index (χ1v) is 4.80. The van der Waals surface area contributed by atoms with Crippen LogP contribution in [0, 0.1) is 11.8 Å². The molecule has 0 saturated heterocycles. The van der Waals surface area contributed by atoms with Gasteiger partial charge in [-0.25, -0.2) is 0 Å². The van der Waals surface area contributed by atoms with Crippen molar-refractivity contribution in [3.63, 3.8) is 0 Å². The standard InChI is InChI=1S/C7H17NS/c1-6(2)7(4-8)5-9-3/h6-7H,4-5,8H2,1-3H3. The van der Waals surface area contributed by atoms with Crippen LogP contribution in [0.3, 0.4) is 0 Å². The molecule has 0 aliphatic heterocycles. The summed E-state index contributed by atoms with van der Waals surface area (Å²) in [5.74, 6) is 2.65. The van der Waals surface area contributed by atoms with Gasteiger partial charge in [0.1, 0.15) is 0 Å². The van der Waals surface area contributed by atoms with Crippen LogP contribution in [0.1, 0.15) is 13.8 Å². The molecule has 0 aliphatic rings. The van der Waals surface area contributed by atoms with Gasteiger partial charge >= 0.3 is 0 Å². The second-order valence-corrected chi connectivity index (χ2v) is 3.61. The van der Waals surface area contributed by atoms with Crippen LogP contribution in [-0.2, 0) is 0 Å². The number of hydrogen-bond donors (Lipinski definition) is 1. The maximum atomic E-state index is 5.55. The molecule has 0 saturated carbocycles. The molecule has 1 nitrogen and oxygen atoms in total. The van der Waals surface area contributed by atoms with Crippen LogP contribution < -0.4 is 5.73 Å². The van der Waals surface area contributed by atoms with Crippen molar-refractivity contribution in [1.82, 2.24) is 0 Å². The molecule has 0 amide bonds. The van der Waals surface area contributed by atoms with Crippen LogP contribution >= 0.6 is 11.8 Å². The van der Waals surface area contributed by atoms with E-state index in [0.717, 1.165) is 12.5 Å². The summed E-state index contributed by atoms with van der Waals surface area (Å²) in [4.78, 5) is 0. The third-order valence-corrected chi connectivity index (χ3v) is 2.39. The third-order valence-electron chi connectivity index (χ3n) is 1.63. The molecule has 0 heterocycles. The topological polar surface area (TPSA) is 26.0 Å². The van der Waals surface area contributed by atoms with Gasteiger partial charge in [-0.1, -0.05) is 13.8 Å². The molecule has 0 aromatic rings. The number of thioether (sulfide) groups is 1. The Morgan fingerprint density at radius 3 is 2.11 bits per heavy atom. The van der Waals surface area contributed by atoms with Crippen LogP contribution in [0.4, 0.5) is 0 Å². The zero-order chi connectivity index (χ0) is 7.28. The molecule has 0 spiro atoms. The predicted octanol–water partition coefficient (Wildman–Crippen LogP) is 1.58. The summed E-state index contributed by atoms with van der Waals surface area (Å²) >= 11 is 1.88. The maximum absolute atomic E-state index is 5.55. The molecule has 0 radical (unpaired) electrons. The summed E-state index contributed by atoms with van der Waals surface area (Å²) in [7, 11) is 0. The Kier molecular flexibility index (Phi) is 5.30. The van der Waals surface area contributed by atoms with Crippen molar-refractivity contribution in [2.75, 3.05) is 18.6 Å². The second-order valence-electron chi connectivity index (χ2n) is 2.70. The fourth-order valence-electron chi connectivity index (χ4n) is 0.747. The summed E-state index contributed by atoms with van der Waals surface area (Å²) < 4.78 is 0. The molecule has 2 N–H and O–H groups in total. The molecular weight excluding hydrogens is 130 g/mol. The molecule has 0 aromatic carbocycles. The Morgan fingerprint density at radius 1 is 1.44 bits per heavy atom. The highest BCUT2D eigenvalue weighted by Gasteiger charge is 2.08. The minimum absolute atomic E-state index is 0.708. The first kappa shape index (κ1) is 9.31. The molecule has 0 aromatic heterocycles. The lowest BCUT2D eigenvalue weighted by Gasteiger charge is -2.16. The monoisotopic (exact) mass is 147 g/mol. The summed E-state index contributed by atoms with van der Waals surface area (Å²) in [6.45, 7) is 5.29. The van der Waals surface area contributed by atoms with Gasteiger partial charge < -0.3 is 5.73 Å². The highest BCUT2D eigenvalue weighted by atomic mass is 32.2. The van der Waals surface area contributed by atoms with E-state index < -0.39 is 0 Å². The van der Waals surface area contributed by atoms with E-state index in [1.54, 1.807) is 0 Å². The quantitative estimate of drug-likeness (QED) is 0.653. The Hall–Kier alpha value is 0.310. The summed E-state index contributed by atoms with van der Waals surface area (Å²) in [6, 6.07) is 0. The SMILES string of the molecule is CSCC(CN)C(C)C. The van der Waals surface area contributed by atoms with Crippen LogP contribution in [0.15, 0.2) is 0 Å². The highest BCUT2D eigenvalue weighted by Crippen LogP contribution is 2.13. The number of rotatable bonds is 4. The van der Waals surface area contributed by atoms with Gasteiger partial charge in [0.2, 0.25) is 0 Å². The van der Waals surface area contributed by atoms with Crippen LogP contribution in [0.5, 0.6) is 0 Å². The van der Waals surface area contributed by atoms with E-state index in [9.17, 15) is 0 Å². The molecule has 0 bridgehead atoms. The van der Waals surface area contributed by atoms with Gasteiger partial charge in [0.15, 0.2) is 0 Å². The average Bonchev–Trinajstić information content (AvgIpc) is 1.82. The van der Waals surface area contributed by atoms with Crippen molar-refractivity contribution in [2.24, 2.45) is 17.6 Å². The first-order chi connectivity index (χ1) is 4.22. The van der Waals surface area contributed by atoms with Crippen molar-refractivity contribution in [2.45, 2.75) is 13.8 Å². The molecule has 1 unspecified atom stereocenters. The van der Waals surface area contributed by atoms with E-state index in [-0.39, 0.29) is 0 Å². The molecule has 9 heavy (non-hydrogen) atoms. The molecule has 2 heteroatoms. The van der Waals surface area contributed by atoms with E-state index in [4.69, 9.17) is 5.73 Å². The van der Waals surface area contributed by atoms with E-state index in [1.807, 2.05) is 11.8 Å². The van der Waals surface area contributed by atoms with Crippen molar-refractivity contribution in [3.05, 3.63) is 0 Å². The lowest BCUT2D eigenvalue weighted by Crippen LogP contribution is -2.21. The molecule has 0 rings (SSSR count). The van der Waals surface area contributed by atoms with Crippen LogP contribution in [0.25, 0.3) is 0 Å². The van der Waals surface area contributed by atoms with Gasteiger partial charge in [-0.15, -0.1) is 0 Å². The van der Waals surface area contributed by atoms with Gasteiger partial charge in [-0.3, -0.25) is 0 Å². The van der Waals surface area contributed by atoms with Gasteiger partial charge in [-0.2, -0.15) is 11.8 Å². The number of hydrogen-bond acceptors (Lipinski definition) is 2. The molecule has 56 valence electrons. The molecule has 0 aliphatic carbocycles. The average molecular weight is 147 g/mol. The first-order valence-electron chi connectivity index (χ1n) is 3.41. The number of nitrogens with two attached hydrogens (primary N) is 1. The summed E-state index contributed by atoms with van der Waals surface area (Å²) in [6.07, 6.45) is 2.13. The van der Waals surface area contributed by atoms with E-state index >= 15 is 0 Å². The Labute approximate surface area is 62.4 Å². The van der Waals surface area contributed by atoms with Gasteiger partial charge in [0.25, 0.3) is 0 Å². The summed E-state index contributed by atoms with van der Waals surface area (Å²) in [5, 5.41) is 0. The minimum Gasteiger partial charge on any atom is -0.330 e. The fraction of sp³-hybridized carbons (Fsp3) is 1.00. The zero-order valence-electron chi connectivity index (χ0n) is 6.55. The van der Waals surface area contributed by atoms with Crippen molar-refractivity contribution < 1.29 is 0 Å². The third kappa shape index (κ3) is 3.82. The lowest BCUT2D eigenvalue weighted by atomic mass is 9.98. The second kappa shape index (κ2) is 5.12. The van der Waals surface area contributed by atoms with E-state index in [0.29, 0.717) is 5.92 Å². The van der Waals surface area contributed by atoms with Crippen molar-refractivity contribution >= 4 is 11.8 Å². The normalized spacial score (nSPS) is 14.3. The highest BCUT2D eigenvalue weighted by molar-refractivity contribution is 7.98. The summed E-state index contributed by atoms with van der Waals surface area (Å²) in [5.41, 5.74) is 5.55.